The number of aryl methyl sites for hydroxylation is 2. The van der Waals surface area contributed by atoms with Crippen LogP contribution in [0.1, 0.15) is 27.5 Å². The van der Waals surface area contributed by atoms with Gasteiger partial charge in [-0.05, 0) is 31.4 Å². The molecule has 3 rings (SSSR count). The lowest BCUT2D eigenvalue weighted by Gasteiger charge is -2.03. The molecule has 0 radical (unpaired) electrons. The summed E-state index contributed by atoms with van der Waals surface area (Å²) in [5.74, 6) is -0.218. The molecule has 2 heterocycles. The molecule has 6 heteroatoms. The van der Waals surface area contributed by atoms with Crippen molar-refractivity contribution in [2.75, 3.05) is 17.7 Å². The predicted molar refractivity (Wildman–Crippen MR) is 75.9 cm³/mol. The number of nitrogens with zero attached hydrogens (tertiary/aromatic N) is 2. The molecule has 1 amide bonds. The summed E-state index contributed by atoms with van der Waals surface area (Å²) in [4.78, 5) is 21.9. The molecule has 0 saturated carbocycles. The number of hydrogen-bond acceptors (Lipinski definition) is 5. The van der Waals surface area contributed by atoms with Gasteiger partial charge in [-0.1, -0.05) is 0 Å². The van der Waals surface area contributed by atoms with Crippen molar-refractivity contribution < 1.29 is 4.79 Å². The highest BCUT2D eigenvalue weighted by Gasteiger charge is 2.18. The largest absolute Gasteiger partial charge is 0.388 e. The molecule has 1 aliphatic rings. The van der Waals surface area contributed by atoms with E-state index in [4.69, 9.17) is 0 Å². The van der Waals surface area contributed by atoms with Crippen LogP contribution in [0, 0.1) is 0 Å². The topological polar surface area (TPSA) is 66.9 Å². The zero-order valence-corrected chi connectivity index (χ0v) is 11.4. The van der Waals surface area contributed by atoms with Crippen LogP contribution in [0.2, 0.25) is 0 Å². The zero-order valence-electron chi connectivity index (χ0n) is 10.6. The Hall–Kier alpha value is -1.95. The van der Waals surface area contributed by atoms with Gasteiger partial charge in [-0.3, -0.25) is 15.1 Å². The van der Waals surface area contributed by atoms with E-state index in [0.717, 1.165) is 24.2 Å². The third-order valence-electron chi connectivity index (χ3n) is 3.10. The van der Waals surface area contributed by atoms with Gasteiger partial charge >= 0.3 is 0 Å². The molecule has 19 heavy (non-hydrogen) atoms. The molecular formula is C13H14N4OS. The first-order valence-corrected chi connectivity index (χ1v) is 7.01. The maximum absolute atomic E-state index is 12.1. The highest BCUT2D eigenvalue weighted by molar-refractivity contribution is 7.15. The summed E-state index contributed by atoms with van der Waals surface area (Å²) in [5, 5.41) is 6.47. The van der Waals surface area contributed by atoms with Crippen LogP contribution in [0.15, 0.2) is 18.3 Å². The Balaban J connectivity index is 1.76. The van der Waals surface area contributed by atoms with Gasteiger partial charge in [-0.25, -0.2) is 4.98 Å². The number of pyridine rings is 1. The van der Waals surface area contributed by atoms with Crippen LogP contribution in [0.25, 0.3) is 0 Å². The van der Waals surface area contributed by atoms with Gasteiger partial charge in [-0.15, -0.1) is 11.3 Å². The van der Waals surface area contributed by atoms with Crippen molar-refractivity contribution in [2.24, 2.45) is 0 Å². The van der Waals surface area contributed by atoms with E-state index in [-0.39, 0.29) is 5.91 Å². The monoisotopic (exact) mass is 274 g/mol. The van der Waals surface area contributed by atoms with Crippen molar-refractivity contribution in [1.29, 1.82) is 0 Å². The maximum atomic E-state index is 12.1. The SMILES string of the molecule is CNc1ccnc(C(=O)Nc2nc3c(s2)CCC3)c1. The van der Waals surface area contributed by atoms with Crippen molar-refractivity contribution in [1.82, 2.24) is 9.97 Å². The Kier molecular flexibility index (Phi) is 3.16. The Bertz CT molecular complexity index is 601. The number of rotatable bonds is 3. The predicted octanol–water partition coefficient (Wildman–Crippen LogP) is 2.32. The summed E-state index contributed by atoms with van der Waals surface area (Å²) in [7, 11) is 1.81. The van der Waals surface area contributed by atoms with Gasteiger partial charge in [0.05, 0.1) is 5.69 Å². The fraction of sp³-hybridized carbons (Fsp3) is 0.308. The Morgan fingerprint density at radius 3 is 3.11 bits per heavy atom. The zero-order chi connectivity index (χ0) is 13.2. The molecule has 5 nitrogen and oxygen atoms in total. The van der Waals surface area contributed by atoms with E-state index in [1.54, 1.807) is 23.6 Å². The van der Waals surface area contributed by atoms with Crippen LogP contribution >= 0.6 is 11.3 Å². The Labute approximate surface area is 115 Å². The van der Waals surface area contributed by atoms with E-state index in [9.17, 15) is 4.79 Å². The molecule has 0 aromatic carbocycles. The lowest BCUT2D eigenvalue weighted by Crippen LogP contribution is -2.13. The summed E-state index contributed by atoms with van der Waals surface area (Å²) in [6.07, 6.45) is 4.89. The number of aromatic nitrogens is 2. The van der Waals surface area contributed by atoms with E-state index in [0.29, 0.717) is 10.8 Å². The van der Waals surface area contributed by atoms with Gasteiger partial charge in [-0.2, -0.15) is 0 Å². The average Bonchev–Trinajstić information content (AvgIpc) is 2.99. The minimum Gasteiger partial charge on any atom is -0.388 e. The van der Waals surface area contributed by atoms with E-state index >= 15 is 0 Å². The molecular weight excluding hydrogens is 260 g/mol. The second kappa shape index (κ2) is 4.97. The van der Waals surface area contributed by atoms with Crippen LogP contribution in [-0.2, 0) is 12.8 Å². The van der Waals surface area contributed by atoms with E-state index in [2.05, 4.69) is 20.6 Å². The molecule has 0 fully saturated rings. The fourth-order valence-electron chi connectivity index (χ4n) is 2.12. The van der Waals surface area contributed by atoms with Gasteiger partial charge in [0.2, 0.25) is 0 Å². The minimum atomic E-state index is -0.218. The molecule has 98 valence electrons. The molecule has 1 aliphatic carbocycles. The third kappa shape index (κ3) is 2.44. The number of fused-ring (bicyclic) bond motifs is 1. The number of carbonyl (C=O) groups is 1. The Morgan fingerprint density at radius 1 is 1.42 bits per heavy atom. The number of anilines is 2. The average molecular weight is 274 g/mol. The molecule has 0 spiro atoms. The molecule has 2 aromatic rings. The standard InChI is InChI=1S/C13H14N4OS/c1-14-8-5-6-15-10(7-8)12(18)17-13-16-9-3-2-4-11(9)19-13/h5-7H,2-4H2,1H3,(H,14,15)(H,16,17,18). The van der Waals surface area contributed by atoms with Crippen molar-refractivity contribution in [2.45, 2.75) is 19.3 Å². The first kappa shape index (κ1) is 12.1. The van der Waals surface area contributed by atoms with E-state index in [1.165, 1.54) is 11.3 Å². The number of amides is 1. The van der Waals surface area contributed by atoms with Crippen LogP contribution in [0.5, 0.6) is 0 Å². The Morgan fingerprint density at radius 2 is 2.32 bits per heavy atom. The highest BCUT2D eigenvalue weighted by atomic mass is 32.1. The van der Waals surface area contributed by atoms with Crippen molar-refractivity contribution >= 4 is 28.1 Å². The number of carbonyl (C=O) groups excluding carboxylic acids is 1. The summed E-state index contributed by atoms with van der Waals surface area (Å²) in [5.41, 5.74) is 2.39. The van der Waals surface area contributed by atoms with Gasteiger partial charge in [0, 0.05) is 23.8 Å². The van der Waals surface area contributed by atoms with E-state index in [1.807, 2.05) is 13.1 Å². The fourth-order valence-corrected chi connectivity index (χ4v) is 3.16. The quantitative estimate of drug-likeness (QED) is 0.901. The minimum absolute atomic E-state index is 0.218. The first-order valence-electron chi connectivity index (χ1n) is 6.20. The molecule has 2 N–H and O–H groups in total. The molecule has 0 unspecified atom stereocenters. The van der Waals surface area contributed by atoms with Crippen LogP contribution in [0.3, 0.4) is 0 Å². The van der Waals surface area contributed by atoms with E-state index < -0.39 is 0 Å². The van der Waals surface area contributed by atoms with Crippen LogP contribution in [-0.4, -0.2) is 22.9 Å². The van der Waals surface area contributed by atoms with Crippen molar-refractivity contribution in [3.8, 4) is 0 Å². The summed E-state index contributed by atoms with van der Waals surface area (Å²) in [6.45, 7) is 0. The maximum Gasteiger partial charge on any atom is 0.276 e. The van der Waals surface area contributed by atoms with Gasteiger partial charge < -0.3 is 5.32 Å². The number of nitrogens with one attached hydrogen (secondary N) is 2. The van der Waals surface area contributed by atoms with Gasteiger partial charge in [0.25, 0.3) is 5.91 Å². The molecule has 0 saturated heterocycles. The summed E-state index contributed by atoms with van der Waals surface area (Å²) in [6, 6.07) is 3.53. The second-order valence-electron chi connectivity index (χ2n) is 4.38. The van der Waals surface area contributed by atoms with Crippen molar-refractivity contribution in [3.63, 3.8) is 0 Å². The normalized spacial score (nSPS) is 13.1. The van der Waals surface area contributed by atoms with Gasteiger partial charge in [0.15, 0.2) is 5.13 Å². The lowest BCUT2D eigenvalue weighted by molar-refractivity contribution is 0.102. The second-order valence-corrected chi connectivity index (χ2v) is 5.46. The first-order chi connectivity index (χ1) is 9.26. The molecule has 0 aliphatic heterocycles. The molecule has 2 aromatic heterocycles. The van der Waals surface area contributed by atoms with Gasteiger partial charge in [0.1, 0.15) is 5.69 Å². The summed E-state index contributed by atoms with van der Waals surface area (Å²) >= 11 is 1.57. The number of thiazole rings is 1. The molecule has 0 bridgehead atoms. The van der Waals surface area contributed by atoms with Crippen LogP contribution < -0.4 is 10.6 Å². The highest BCUT2D eigenvalue weighted by Crippen LogP contribution is 2.30. The lowest BCUT2D eigenvalue weighted by atomic mass is 10.3. The summed E-state index contributed by atoms with van der Waals surface area (Å²) < 4.78 is 0. The van der Waals surface area contributed by atoms with Crippen LogP contribution in [0.4, 0.5) is 10.8 Å². The number of hydrogen-bond donors (Lipinski definition) is 2. The smallest absolute Gasteiger partial charge is 0.276 e. The van der Waals surface area contributed by atoms with Crippen molar-refractivity contribution in [3.05, 3.63) is 34.6 Å². The third-order valence-corrected chi connectivity index (χ3v) is 4.17. The molecule has 0 atom stereocenters.